The zero-order chi connectivity index (χ0) is 30.1. The minimum atomic E-state index is -0.483. The first-order chi connectivity index (χ1) is 20.2. The minimum Gasteiger partial charge on any atom is -0.497 e. The molecule has 4 aromatic carbocycles. The van der Waals surface area contributed by atoms with Gasteiger partial charge in [-0.1, -0.05) is 42.5 Å². The smallest absolute Gasteiger partial charge is 0.272 e. The Morgan fingerprint density at radius 3 is 2.29 bits per heavy atom. The number of anilines is 2. The van der Waals surface area contributed by atoms with Crippen LogP contribution in [-0.4, -0.2) is 30.1 Å². The van der Waals surface area contributed by atoms with Gasteiger partial charge in [0.1, 0.15) is 11.4 Å². The predicted molar refractivity (Wildman–Crippen MR) is 170 cm³/mol. The maximum atomic E-state index is 13.3. The van der Waals surface area contributed by atoms with Gasteiger partial charge >= 0.3 is 0 Å². The van der Waals surface area contributed by atoms with Crippen LogP contribution >= 0.6 is 11.8 Å². The molecule has 0 heterocycles. The largest absolute Gasteiger partial charge is 0.497 e. The third kappa shape index (κ3) is 8.34. The van der Waals surface area contributed by atoms with Gasteiger partial charge in [0.05, 0.1) is 12.4 Å². The average Bonchev–Trinajstić information content (AvgIpc) is 3.00. The Morgan fingerprint density at radius 1 is 0.833 bits per heavy atom. The van der Waals surface area contributed by atoms with Gasteiger partial charge in [0.2, 0.25) is 5.91 Å². The van der Waals surface area contributed by atoms with Crippen molar-refractivity contribution in [1.29, 1.82) is 0 Å². The van der Waals surface area contributed by atoms with Crippen LogP contribution in [0.5, 0.6) is 5.75 Å². The van der Waals surface area contributed by atoms with Gasteiger partial charge in [0, 0.05) is 21.8 Å². The van der Waals surface area contributed by atoms with Crippen LogP contribution in [0.25, 0.3) is 6.08 Å². The van der Waals surface area contributed by atoms with Crippen molar-refractivity contribution in [3.8, 4) is 5.75 Å². The number of ether oxygens (including phenoxy) is 1. The quantitative estimate of drug-likeness (QED) is 0.141. The van der Waals surface area contributed by atoms with E-state index in [0.29, 0.717) is 22.6 Å². The molecule has 4 rings (SSSR count). The Balaban J connectivity index is 1.45. The summed E-state index contributed by atoms with van der Waals surface area (Å²) in [4.78, 5) is 39.9. The normalized spacial score (nSPS) is 11.8. The van der Waals surface area contributed by atoms with E-state index in [1.165, 1.54) is 11.8 Å². The lowest BCUT2D eigenvalue weighted by molar-refractivity contribution is -0.115. The lowest BCUT2D eigenvalue weighted by Gasteiger charge is -2.15. The first kappa shape index (κ1) is 30.1. The molecule has 0 fully saturated rings. The van der Waals surface area contributed by atoms with E-state index >= 15 is 0 Å². The van der Waals surface area contributed by atoms with Crippen LogP contribution in [0, 0.1) is 13.8 Å². The molecule has 4 aromatic rings. The number of benzene rings is 4. The molecule has 0 radical (unpaired) electrons. The number of hydrogen-bond acceptors (Lipinski definition) is 5. The molecule has 42 heavy (non-hydrogen) atoms. The summed E-state index contributed by atoms with van der Waals surface area (Å²) in [5, 5.41) is 8.26. The highest BCUT2D eigenvalue weighted by Gasteiger charge is 2.17. The number of rotatable bonds is 10. The molecule has 0 saturated carbocycles. The van der Waals surface area contributed by atoms with Crippen molar-refractivity contribution in [1.82, 2.24) is 5.32 Å². The van der Waals surface area contributed by atoms with E-state index in [1.54, 1.807) is 67.8 Å². The summed E-state index contributed by atoms with van der Waals surface area (Å²) in [6.45, 7) is 5.80. The molecule has 214 valence electrons. The van der Waals surface area contributed by atoms with Crippen LogP contribution in [0.3, 0.4) is 0 Å². The van der Waals surface area contributed by atoms with Crippen LogP contribution in [-0.2, 0) is 9.59 Å². The van der Waals surface area contributed by atoms with Crippen LogP contribution in [0.1, 0.15) is 34.0 Å². The third-order valence-electron chi connectivity index (χ3n) is 6.38. The van der Waals surface area contributed by atoms with E-state index in [2.05, 4.69) is 16.0 Å². The molecule has 7 nitrogen and oxygen atoms in total. The van der Waals surface area contributed by atoms with Crippen molar-refractivity contribution >= 4 is 46.9 Å². The maximum absolute atomic E-state index is 13.3. The van der Waals surface area contributed by atoms with Crippen LogP contribution in [0.15, 0.2) is 108 Å². The molecular weight excluding hydrogens is 546 g/mol. The SMILES string of the molecule is COc1cccc(/C=C(\NC(=O)c2ccccc2)C(=O)Nc2ccc(SC(C)C(=O)Nc3cc(C)ccc3C)cc2)c1. The first-order valence-electron chi connectivity index (χ1n) is 13.4. The lowest BCUT2D eigenvalue weighted by atomic mass is 10.1. The van der Waals surface area contributed by atoms with E-state index in [4.69, 9.17) is 4.74 Å². The Hall–Kier alpha value is -4.82. The topological polar surface area (TPSA) is 96.5 Å². The van der Waals surface area contributed by atoms with E-state index in [0.717, 1.165) is 21.7 Å². The fraction of sp³-hybridized carbons (Fsp3) is 0.147. The molecule has 8 heteroatoms. The molecule has 3 N–H and O–H groups in total. The average molecular weight is 580 g/mol. The number of aryl methyl sites for hydroxylation is 2. The van der Waals surface area contributed by atoms with Crippen LogP contribution < -0.4 is 20.7 Å². The Bertz CT molecular complexity index is 1600. The Kier molecular flexibility index (Phi) is 10.2. The van der Waals surface area contributed by atoms with Gasteiger partial charge in [-0.15, -0.1) is 11.8 Å². The number of carbonyl (C=O) groups excluding carboxylic acids is 3. The first-order valence-corrected chi connectivity index (χ1v) is 14.3. The molecule has 3 amide bonds. The Morgan fingerprint density at radius 2 is 1.57 bits per heavy atom. The summed E-state index contributed by atoms with van der Waals surface area (Å²) in [5.74, 6) is -0.348. The molecule has 0 saturated heterocycles. The summed E-state index contributed by atoms with van der Waals surface area (Å²) in [6, 6.07) is 29.0. The maximum Gasteiger partial charge on any atom is 0.272 e. The number of hydrogen-bond donors (Lipinski definition) is 3. The number of thioether (sulfide) groups is 1. The summed E-state index contributed by atoms with van der Waals surface area (Å²) in [5.41, 5.74) is 4.63. The number of nitrogens with one attached hydrogen (secondary N) is 3. The second-order valence-electron chi connectivity index (χ2n) is 9.70. The summed E-state index contributed by atoms with van der Waals surface area (Å²) in [7, 11) is 1.56. The van der Waals surface area contributed by atoms with Gasteiger partial charge in [0.15, 0.2) is 0 Å². The summed E-state index contributed by atoms with van der Waals surface area (Å²) >= 11 is 1.42. The van der Waals surface area contributed by atoms with Crippen molar-refractivity contribution in [3.63, 3.8) is 0 Å². The second-order valence-corrected chi connectivity index (χ2v) is 11.1. The van der Waals surface area contributed by atoms with Gasteiger partial charge < -0.3 is 20.7 Å². The number of amides is 3. The number of carbonyl (C=O) groups is 3. The van der Waals surface area contributed by atoms with Gasteiger partial charge in [-0.3, -0.25) is 14.4 Å². The predicted octanol–water partition coefficient (Wildman–Crippen LogP) is 6.84. The second kappa shape index (κ2) is 14.2. The van der Waals surface area contributed by atoms with Crippen LogP contribution in [0.2, 0.25) is 0 Å². The summed E-state index contributed by atoms with van der Waals surface area (Å²) < 4.78 is 5.29. The highest BCUT2D eigenvalue weighted by molar-refractivity contribution is 8.00. The van der Waals surface area contributed by atoms with E-state index < -0.39 is 11.8 Å². The monoisotopic (exact) mass is 579 g/mol. The Labute approximate surface area is 250 Å². The molecular formula is C34H33N3O4S. The van der Waals surface area contributed by atoms with Gasteiger partial charge in [-0.25, -0.2) is 0 Å². The molecule has 1 unspecified atom stereocenters. The van der Waals surface area contributed by atoms with E-state index in [9.17, 15) is 14.4 Å². The molecule has 0 aliphatic rings. The zero-order valence-electron chi connectivity index (χ0n) is 23.9. The fourth-order valence-corrected chi connectivity index (χ4v) is 4.89. The van der Waals surface area contributed by atoms with Gasteiger partial charge in [0.25, 0.3) is 11.8 Å². The minimum absolute atomic E-state index is 0.0762. The van der Waals surface area contributed by atoms with E-state index in [1.807, 2.05) is 63.2 Å². The fourth-order valence-electron chi connectivity index (χ4n) is 4.02. The lowest BCUT2D eigenvalue weighted by Crippen LogP contribution is -2.30. The molecule has 0 spiro atoms. The van der Waals surface area contributed by atoms with Crippen molar-refractivity contribution < 1.29 is 19.1 Å². The van der Waals surface area contributed by atoms with Gasteiger partial charge in [-0.2, -0.15) is 0 Å². The number of methoxy groups -OCH3 is 1. The van der Waals surface area contributed by atoms with E-state index in [-0.39, 0.29) is 16.9 Å². The highest BCUT2D eigenvalue weighted by Crippen LogP contribution is 2.27. The molecule has 1 atom stereocenters. The molecule has 0 bridgehead atoms. The van der Waals surface area contributed by atoms with Crippen molar-refractivity contribution in [2.24, 2.45) is 0 Å². The molecule has 0 aliphatic heterocycles. The molecule has 0 aromatic heterocycles. The van der Waals surface area contributed by atoms with Crippen molar-refractivity contribution in [2.45, 2.75) is 30.9 Å². The summed E-state index contributed by atoms with van der Waals surface area (Å²) in [6.07, 6.45) is 1.60. The van der Waals surface area contributed by atoms with Crippen LogP contribution in [0.4, 0.5) is 11.4 Å². The highest BCUT2D eigenvalue weighted by atomic mass is 32.2. The van der Waals surface area contributed by atoms with Gasteiger partial charge in [-0.05, 0) is 98.1 Å². The van der Waals surface area contributed by atoms with Crippen molar-refractivity contribution in [3.05, 3.63) is 125 Å². The molecule has 0 aliphatic carbocycles. The standard InChI is InChI=1S/C34H33N3O4S/c1-22-13-14-23(2)30(19-22)36-32(38)24(3)42-29-17-15-27(16-18-29)35-34(40)31(21-25-9-8-12-28(20-25)41-4)37-33(39)26-10-6-5-7-11-26/h5-21,24H,1-4H3,(H,35,40)(H,36,38)(H,37,39)/b31-21-. The third-order valence-corrected chi connectivity index (χ3v) is 7.49. The van der Waals surface area contributed by atoms with Crippen molar-refractivity contribution in [2.75, 3.05) is 17.7 Å². The zero-order valence-corrected chi connectivity index (χ0v) is 24.8.